The summed E-state index contributed by atoms with van der Waals surface area (Å²) < 4.78 is 19.9. The molecule has 1 aromatic heterocycles. The van der Waals surface area contributed by atoms with Crippen LogP contribution in [0.1, 0.15) is 5.56 Å². The molecule has 1 heterocycles. The fraction of sp³-hybridized carbons (Fsp3) is 0.0625. The molecule has 0 bridgehead atoms. The number of nitrogens with two attached hydrogens (primary N) is 1. The van der Waals surface area contributed by atoms with Gasteiger partial charge < -0.3 is 10.3 Å². The van der Waals surface area contributed by atoms with Crippen LogP contribution in [-0.2, 0) is 0 Å². The van der Waals surface area contributed by atoms with Crippen molar-refractivity contribution in [3.8, 4) is 22.4 Å². The zero-order valence-corrected chi connectivity index (χ0v) is 12.8. The number of nitrogens with zero attached hydrogens (tertiary/aromatic N) is 1. The third-order valence-corrected chi connectivity index (χ3v) is 3.74. The van der Waals surface area contributed by atoms with Gasteiger partial charge in [-0.05, 0) is 30.7 Å². The van der Waals surface area contributed by atoms with Crippen LogP contribution in [0.15, 0.2) is 51.5 Å². The minimum absolute atomic E-state index is 0.177. The van der Waals surface area contributed by atoms with E-state index in [1.54, 1.807) is 12.1 Å². The Balaban J connectivity index is 2.19. The van der Waals surface area contributed by atoms with Crippen LogP contribution >= 0.6 is 15.9 Å². The van der Waals surface area contributed by atoms with Gasteiger partial charge in [0.25, 0.3) is 0 Å². The molecular formula is C16H12BrFN2O. The molecule has 3 rings (SSSR count). The molecule has 5 heteroatoms. The van der Waals surface area contributed by atoms with E-state index >= 15 is 0 Å². The summed E-state index contributed by atoms with van der Waals surface area (Å²) in [5.41, 5.74) is 9.21. The summed E-state index contributed by atoms with van der Waals surface area (Å²) in [7, 11) is 0. The van der Waals surface area contributed by atoms with Gasteiger partial charge in [-0.15, -0.1) is 0 Å². The number of aromatic nitrogens is 1. The van der Waals surface area contributed by atoms with Gasteiger partial charge in [-0.25, -0.2) is 4.39 Å². The second kappa shape index (κ2) is 5.33. The number of nitrogen functional groups attached to an aromatic ring is 1. The van der Waals surface area contributed by atoms with Crippen LogP contribution in [0, 0.1) is 12.7 Å². The van der Waals surface area contributed by atoms with Crippen LogP contribution in [0.5, 0.6) is 0 Å². The van der Waals surface area contributed by atoms with Crippen LogP contribution in [0.3, 0.4) is 0 Å². The maximum absolute atomic E-state index is 14.2. The normalized spacial score (nSPS) is 10.8. The highest BCUT2D eigenvalue weighted by molar-refractivity contribution is 9.10. The predicted molar refractivity (Wildman–Crippen MR) is 84.2 cm³/mol. The van der Waals surface area contributed by atoms with E-state index < -0.39 is 0 Å². The number of anilines is 1. The summed E-state index contributed by atoms with van der Waals surface area (Å²) in [6, 6.07) is 12.5. The molecule has 0 fully saturated rings. The first kappa shape index (κ1) is 13.8. The fourth-order valence-corrected chi connectivity index (χ4v) is 2.50. The first-order valence-corrected chi connectivity index (χ1v) is 7.13. The van der Waals surface area contributed by atoms with Gasteiger partial charge in [0, 0.05) is 10.0 Å². The molecule has 0 aliphatic heterocycles. The molecule has 0 saturated heterocycles. The molecule has 2 N–H and O–H groups in total. The summed E-state index contributed by atoms with van der Waals surface area (Å²) in [6.07, 6.45) is 0. The first-order valence-electron chi connectivity index (χ1n) is 6.34. The molecule has 0 radical (unpaired) electrons. The van der Waals surface area contributed by atoms with Crippen molar-refractivity contribution in [3.05, 3.63) is 58.3 Å². The van der Waals surface area contributed by atoms with Crippen LogP contribution in [0.4, 0.5) is 10.3 Å². The van der Waals surface area contributed by atoms with Crippen molar-refractivity contribution < 1.29 is 8.91 Å². The van der Waals surface area contributed by atoms with Gasteiger partial charge in [0.05, 0.1) is 5.56 Å². The Morgan fingerprint density at radius 2 is 1.86 bits per heavy atom. The number of benzene rings is 2. The second-order valence-corrected chi connectivity index (χ2v) is 5.68. The summed E-state index contributed by atoms with van der Waals surface area (Å²) in [4.78, 5) is 0. The molecule has 2 aromatic carbocycles. The largest absolute Gasteiger partial charge is 0.367 e. The number of aryl methyl sites for hydroxylation is 1. The van der Waals surface area contributed by atoms with Gasteiger partial charge >= 0.3 is 0 Å². The van der Waals surface area contributed by atoms with Gasteiger partial charge in [-0.1, -0.05) is 50.9 Å². The lowest BCUT2D eigenvalue weighted by molar-refractivity contribution is 0.439. The lowest BCUT2D eigenvalue weighted by Gasteiger charge is -2.05. The Morgan fingerprint density at radius 1 is 1.14 bits per heavy atom. The summed E-state index contributed by atoms with van der Waals surface area (Å²) in [5.74, 6) is -0.206. The molecule has 21 heavy (non-hydrogen) atoms. The zero-order valence-electron chi connectivity index (χ0n) is 11.2. The van der Waals surface area contributed by atoms with Gasteiger partial charge in [-0.2, -0.15) is 0 Å². The molecule has 0 aliphatic carbocycles. The zero-order chi connectivity index (χ0) is 15.0. The molecule has 0 amide bonds. The molecule has 106 valence electrons. The minimum Gasteiger partial charge on any atom is -0.367 e. The smallest absolute Gasteiger partial charge is 0.230 e. The maximum Gasteiger partial charge on any atom is 0.230 e. The molecule has 0 unspecified atom stereocenters. The molecule has 3 nitrogen and oxygen atoms in total. The fourth-order valence-electron chi connectivity index (χ4n) is 2.17. The maximum atomic E-state index is 14.2. The van der Waals surface area contributed by atoms with Crippen molar-refractivity contribution in [1.29, 1.82) is 0 Å². The Morgan fingerprint density at radius 3 is 2.52 bits per heavy atom. The highest BCUT2D eigenvalue weighted by Gasteiger charge is 2.20. The van der Waals surface area contributed by atoms with E-state index in [1.807, 2.05) is 31.2 Å². The predicted octanol–water partition coefficient (Wildman–Crippen LogP) is 4.80. The second-order valence-electron chi connectivity index (χ2n) is 4.76. The Labute approximate surface area is 129 Å². The van der Waals surface area contributed by atoms with E-state index in [-0.39, 0.29) is 11.7 Å². The molecule has 3 aromatic rings. The molecule has 0 spiro atoms. The van der Waals surface area contributed by atoms with Crippen LogP contribution in [0.2, 0.25) is 0 Å². The average molecular weight is 347 g/mol. The van der Waals surface area contributed by atoms with Crippen molar-refractivity contribution in [2.75, 3.05) is 5.73 Å². The molecule has 0 saturated carbocycles. The number of hydrogen-bond acceptors (Lipinski definition) is 3. The summed E-state index contributed by atoms with van der Waals surface area (Å²) in [5, 5.41) is 3.92. The third-order valence-electron chi connectivity index (χ3n) is 3.24. The van der Waals surface area contributed by atoms with Crippen LogP contribution < -0.4 is 5.73 Å². The van der Waals surface area contributed by atoms with Gasteiger partial charge in [-0.3, -0.25) is 0 Å². The van der Waals surface area contributed by atoms with Crippen molar-refractivity contribution in [2.45, 2.75) is 6.92 Å². The Kier molecular flexibility index (Phi) is 3.51. The first-order chi connectivity index (χ1) is 10.1. The molecule has 0 aliphatic rings. The van der Waals surface area contributed by atoms with Gasteiger partial charge in [0.2, 0.25) is 5.88 Å². The van der Waals surface area contributed by atoms with E-state index in [1.165, 1.54) is 6.07 Å². The quantitative estimate of drug-likeness (QED) is 0.724. The van der Waals surface area contributed by atoms with E-state index in [9.17, 15) is 4.39 Å². The monoisotopic (exact) mass is 346 g/mol. The minimum atomic E-state index is -0.383. The number of hydrogen-bond donors (Lipinski definition) is 1. The summed E-state index contributed by atoms with van der Waals surface area (Å²) >= 11 is 3.24. The number of rotatable bonds is 2. The lowest BCUT2D eigenvalue weighted by Crippen LogP contribution is -1.90. The third kappa shape index (κ3) is 2.56. The summed E-state index contributed by atoms with van der Waals surface area (Å²) in [6.45, 7) is 2.00. The van der Waals surface area contributed by atoms with Crippen molar-refractivity contribution in [2.24, 2.45) is 0 Å². The van der Waals surface area contributed by atoms with Crippen molar-refractivity contribution >= 4 is 21.8 Å². The van der Waals surface area contributed by atoms with E-state index in [0.29, 0.717) is 21.3 Å². The van der Waals surface area contributed by atoms with Crippen LogP contribution in [-0.4, -0.2) is 5.16 Å². The van der Waals surface area contributed by atoms with Gasteiger partial charge in [0.15, 0.2) is 0 Å². The topological polar surface area (TPSA) is 52.0 Å². The van der Waals surface area contributed by atoms with Crippen molar-refractivity contribution in [1.82, 2.24) is 5.16 Å². The van der Waals surface area contributed by atoms with E-state index in [0.717, 1.165) is 11.1 Å². The number of halogens is 2. The van der Waals surface area contributed by atoms with E-state index in [2.05, 4.69) is 21.1 Å². The average Bonchev–Trinajstić information content (AvgIpc) is 2.82. The van der Waals surface area contributed by atoms with Gasteiger partial charge in [0.1, 0.15) is 11.5 Å². The Hall–Kier alpha value is -2.14. The van der Waals surface area contributed by atoms with Crippen molar-refractivity contribution in [3.63, 3.8) is 0 Å². The lowest BCUT2D eigenvalue weighted by atomic mass is 10.00. The SMILES string of the molecule is Cc1ccc(-c2c(-c3ccc(Br)cc3F)noc2N)cc1. The highest BCUT2D eigenvalue weighted by atomic mass is 79.9. The van der Waals surface area contributed by atoms with E-state index in [4.69, 9.17) is 10.3 Å². The molecule has 0 atom stereocenters. The highest BCUT2D eigenvalue weighted by Crippen LogP contribution is 2.37. The standard InChI is InChI=1S/C16H12BrFN2O/c1-9-2-4-10(5-3-9)14-15(20-21-16(14)19)12-7-6-11(17)8-13(12)18/h2-8H,19H2,1H3. The van der Waals surface area contributed by atoms with Crippen LogP contribution in [0.25, 0.3) is 22.4 Å². The molecular weight excluding hydrogens is 335 g/mol. The Bertz CT molecular complexity index is 797.